The third kappa shape index (κ3) is 3.31. The van der Waals surface area contributed by atoms with Gasteiger partial charge in [-0.1, -0.05) is 19.1 Å². The summed E-state index contributed by atoms with van der Waals surface area (Å²) in [6.45, 7) is 5.89. The van der Waals surface area contributed by atoms with E-state index < -0.39 is 5.69 Å². The van der Waals surface area contributed by atoms with Gasteiger partial charge in [0.15, 0.2) is 0 Å². The van der Waals surface area contributed by atoms with Crippen molar-refractivity contribution < 1.29 is 0 Å². The molecule has 5 heteroatoms. The van der Waals surface area contributed by atoms with Crippen molar-refractivity contribution in [3.63, 3.8) is 0 Å². The number of aromatic nitrogens is 2. The van der Waals surface area contributed by atoms with Gasteiger partial charge in [0.1, 0.15) is 5.82 Å². The number of hydrogen-bond donors (Lipinski definition) is 2. The van der Waals surface area contributed by atoms with Crippen LogP contribution in [0.15, 0.2) is 39.9 Å². The Bertz CT molecular complexity index is 754. The van der Waals surface area contributed by atoms with E-state index >= 15 is 0 Å². The van der Waals surface area contributed by atoms with E-state index in [4.69, 9.17) is 0 Å². The number of aryl methyl sites for hydroxylation is 2. The zero-order chi connectivity index (χ0) is 15.4. The van der Waals surface area contributed by atoms with Gasteiger partial charge >= 0.3 is 5.69 Å². The Balaban J connectivity index is 2.37. The highest BCUT2D eigenvalue weighted by Gasteiger charge is 2.04. The molecular weight excluding hydrogens is 266 g/mol. The van der Waals surface area contributed by atoms with Crippen LogP contribution in [-0.2, 0) is 6.42 Å². The summed E-state index contributed by atoms with van der Waals surface area (Å²) in [6.07, 6.45) is 4.00. The minimum Gasteiger partial charge on any atom is -0.342 e. The summed E-state index contributed by atoms with van der Waals surface area (Å²) >= 11 is 0. The normalized spacial score (nSPS) is 11.0. The van der Waals surface area contributed by atoms with Crippen LogP contribution in [-0.4, -0.2) is 9.55 Å². The highest BCUT2D eigenvalue weighted by molar-refractivity contribution is 5.57. The van der Waals surface area contributed by atoms with Gasteiger partial charge in [0.05, 0.1) is 0 Å². The van der Waals surface area contributed by atoms with E-state index in [-0.39, 0.29) is 5.56 Å². The Morgan fingerprint density at radius 3 is 2.67 bits per heavy atom. The second kappa shape index (κ2) is 6.26. The summed E-state index contributed by atoms with van der Waals surface area (Å²) in [5, 5.41) is 3.06. The molecule has 0 aliphatic carbocycles. The van der Waals surface area contributed by atoms with Gasteiger partial charge < -0.3 is 5.32 Å². The molecule has 2 aromatic rings. The summed E-state index contributed by atoms with van der Waals surface area (Å²) in [5.41, 5.74) is 2.45. The zero-order valence-corrected chi connectivity index (χ0v) is 12.4. The standard InChI is InChI=1S/C16H19N3O2/c1-4-8-19-15(20)10-14(18-16(19)21)17-13-7-6-11(3)12(5-2)9-13/h4,6-10,17H,5H2,1-3H3,(H,18,21)/b8-4+. The summed E-state index contributed by atoms with van der Waals surface area (Å²) in [6, 6.07) is 7.32. The minimum atomic E-state index is -0.467. The number of benzene rings is 1. The van der Waals surface area contributed by atoms with E-state index in [0.717, 1.165) is 16.7 Å². The number of hydrogen-bond acceptors (Lipinski definition) is 3. The number of aromatic amines is 1. The first-order valence-corrected chi connectivity index (χ1v) is 6.90. The maximum absolute atomic E-state index is 11.9. The van der Waals surface area contributed by atoms with Crippen molar-refractivity contribution in [1.82, 2.24) is 9.55 Å². The average molecular weight is 285 g/mol. The van der Waals surface area contributed by atoms with E-state index in [0.29, 0.717) is 5.82 Å². The lowest BCUT2D eigenvalue weighted by Gasteiger charge is -2.10. The summed E-state index contributed by atoms with van der Waals surface area (Å²) < 4.78 is 1.03. The Labute approximate surface area is 123 Å². The molecule has 0 fully saturated rings. The third-order valence-corrected chi connectivity index (χ3v) is 3.27. The van der Waals surface area contributed by atoms with Crippen LogP contribution in [0.3, 0.4) is 0 Å². The predicted octanol–water partition coefficient (Wildman–Crippen LogP) is 2.64. The molecule has 0 spiro atoms. The maximum Gasteiger partial charge on any atom is 0.334 e. The summed E-state index contributed by atoms with van der Waals surface area (Å²) in [4.78, 5) is 26.4. The van der Waals surface area contributed by atoms with E-state index in [1.165, 1.54) is 23.4 Å². The molecule has 0 amide bonds. The molecule has 2 N–H and O–H groups in total. The van der Waals surface area contributed by atoms with E-state index in [1.54, 1.807) is 13.0 Å². The molecule has 0 aliphatic rings. The fourth-order valence-corrected chi connectivity index (χ4v) is 2.15. The van der Waals surface area contributed by atoms with Gasteiger partial charge in [-0.25, -0.2) is 9.36 Å². The summed E-state index contributed by atoms with van der Waals surface area (Å²) in [7, 11) is 0. The van der Waals surface area contributed by atoms with Crippen molar-refractivity contribution in [2.24, 2.45) is 0 Å². The van der Waals surface area contributed by atoms with Gasteiger partial charge in [0.25, 0.3) is 5.56 Å². The van der Waals surface area contributed by atoms with Crippen LogP contribution >= 0.6 is 0 Å². The average Bonchev–Trinajstić information content (AvgIpc) is 2.45. The largest absolute Gasteiger partial charge is 0.342 e. The maximum atomic E-state index is 11.9. The van der Waals surface area contributed by atoms with Gasteiger partial charge in [0, 0.05) is 18.0 Å². The van der Waals surface area contributed by atoms with E-state index in [9.17, 15) is 9.59 Å². The van der Waals surface area contributed by atoms with Crippen molar-refractivity contribution in [3.05, 3.63) is 62.3 Å². The fraction of sp³-hybridized carbons (Fsp3) is 0.250. The Morgan fingerprint density at radius 2 is 2.05 bits per heavy atom. The molecule has 0 atom stereocenters. The highest BCUT2D eigenvalue weighted by Crippen LogP contribution is 2.18. The predicted molar refractivity (Wildman–Crippen MR) is 86.2 cm³/mol. The molecule has 0 unspecified atom stereocenters. The molecule has 0 radical (unpaired) electrons. The van der Waals surface area contributed by atoms with Gasteiger partial charge in [-0.3, -0.25) is 9.78 Å². The molecular formula is C16H19N3O2. The van der Waals surface area contributed by atoms with Crippen LogP contribution in [0.4, 0.5) is 11.5 Å². The minimum absolute atomic E-state index is 0.373. The Hall–Kier alpha value is -2.56. The van der Waals surface area contributed by atoms with Crippen molar-refractivity contribution in [3.8, 4) is 0 Å². The highest BCUT2D eigenvalue weighted by atomic mass is 16.2. The first-order valence-electron chi connectivity index (χ1n) is 6.90. The van der Waals surface area contributed by atoms with Crippen molar-refractivity contribution in [2.75, 3.05) is 5.32 Å². The van der Waals surface area contributed by atoms with Gasteiger partial charge in [0.2, 0.25) is 0 Å². The monoisotopic (exact) mass is 285 g/mol. The SMILES string of the molecule is C/C=C/n1c(=O)cc(Nc2ccc(C)c(CC)c2)[nH]c1=O. The number of anilines is 2. The van der Waals surface area contributed by atoms with Crippen LogP contribution in [0.5, 0.6) is 0 Å². The Morgan fingerprint density at radius 1 is 1.29 bits per heavy atom. The smallest absolute Gasteiger partial charge is 0.334 e. The van der Waals surface area contributed by atoms with Gasteiger partial charge in [-0.15, -0.1) is 0 Å². The quantitative estimate of drug-likeness (QED) is 0.907. The molecule has 0 bridgehead atoms. The molecule has 0 saturated carbocycles. The molecule has 1 aromatic heterocycles. The molecule has 21 heavy (non-hydrogen) atoms. The Kier molecular flexibility index (Phi) is 4.42. The number of H-pyrrole nitrogens is 1. The molecule has 1 heterocycles. The third-order valence-electron chi connectivity index (χ3n) is 3.27. The van der Waals surface area contributed by atoms with Crippen LogP contribution in [0.1, 0.15) is 25.0 Å². The first kappa shape index (κ1) is 14.8. The molecule has 5 nitrogen and oxygen atoms in total. The second-order valence-corrected chi connectivity index (χ2v) is 4.80. The lowest BCUT2D eigenvalue weighted by molar-refractivity contribution is 0.923. The van der Waals surface area contributed by atoms with Gasteiger partial charge in [-0.2, -0.15) is 0 Å². The van der Waals surface area contributed by atoms with Crippen LogP contribution in [0.2, 0.25) is 0 Å². The number of nitrogens with one attached hydrogen (secondary N) is 2. The number of rotatable bonds is 4. The van der Waals surface area contributed by atoms with Gasteiger partial charge in [-0.05, 0) is 43.5 Å². The van der Waals surface area contributed by atoms with Crippen molar-refractivity contribution in [2.45, 2.75) is 27.2 Å². The topological polar surface area (TPSA) is 66.9 Å². The number of nitrogens with zero attached hydrogens (tertiary/aromatic N) is 1. The lowest BCUT2D eigenvalue weighted by Crippen LogP contribution is -2.31. The van der Waals surface area contributed by atoms with Crippen LogP contribution in [0, 0.1) is 6.92 Å². The molecule has 2 rings (SSSR count). The first-order chi connectivity index (χ1) is 10.0. The van der Waals surface area contributed by atoms with E-state index in [2.05, 4.69) is 24.1 Å². The summed E-state index contributed by atoms with van der Waals surface area (Å²) in [5.74, 6) is 0.386. The van der Waals surface area contributed by atoms with Crippen LogP contribution in [0.25, 0.3) is 6.20 Å². The van der Waals surface area contributed by atoms with Crippen LogP contribution < -0.4 is 16.6 Å². The molecule has 0 aliphatic heterocycles. The van der Waals surface area contributed by atoms with E-state index in [1.807, 2.05) is 18.2 Å². The fourth-order valence-electron chi connectivity index (χ4n) is 2.15. The second-order valence-electron chi connectivity index (χ2n) is 4.80. The molecule has 0 saturated heterocycles. The van der Waals surface area contributed by atoms with Crippen molar-refractivity contribution >= 4 is 17.7 Å². The zero-order valence-electron chi connectivity index (χ0n) is 12.4. The molecule has 110 valence electrons. The number of allylic oxidation sites excluding steroid dienone is 1. The van der Waals surface area contributed by atoms with Crippen molar-refractivity contribution in [1.29, 1.82) is 0 Å². The molecule has 1 aromatic carbocycles. The lowest BCUT2D eigenvalue weighted by atomic mass is 10.1.